The summed E-state index contributed by atoms with van der Waals surface area (Å²) in [7, 11) is 0. The average Bonchev–Trinajstić information content (AvgIpc) is 3.30. The number of hydrogen-bond donors (Lipinski definition) is 1. The highest BCUT2D eigenvalue weighted by atomic mass is 16.7. The largest absolute Gasteiger partial charge is 0.454 e. The number of nitrogens with one attached hydrogen (secondary N) is 1. The van der Waals surface area contributed by atoms with Gasteiger partial charge in [-0.2, -0.15) is 5.26 Å². The summed E-state index contributed by atoms with van der Waals surface area (Å²) in [5.41, 5.74) is 3.60. The molecule has 0 spiro atoms. The quantitative estimate of drug-likeness (QED) is 0.757. The second kappa shape index (κ2) is 7.04. The number of hydrogen-bond acceptors (Lipinski definition) is 4. The standard InChI is InChI=1S/C21H19N3O3/c1-2-15-4-3-5-17-16(9-22)11-24(21(15)17)12-20(25)23-10-14-6-7-18-19(8-14)27-13-26-18/h3-8,11H,2,10,12-13H2,1H3,(H,23,25). The normalized spacial score (nSPS) is 12.1. The van der Waals surface area contributed by atoms with E-state index in [9.17, 15) is 10.1 Å². The Labute approximate surface area is 156 Å². The summed E-state index contributed by atoms with van der Waals surface area (Å²) >= 11 is 0. The Kier molecular flexibility index (Phi) is 4.43. The first-order valence-electron chi connectivity index (χ1n) is 8.85. The van der Waals surface area contributed by atoms with E-state index in [4.69, 9.17) is 9.47 Å². The van der Waals surface area contributed by atoms with E-state index in [1.807, 2.05) is 41.0 Å². The first-order chi connectivity index (χ1) is 13.2. The second-order valence-electron chi connectivity index (χ2n) is 6.41. The van der Waals surface area contributed by atoms with E-state index in [1.165, 1.54) is 0 Å². The van der Waals surface area contributed by atoms with Crippen LogP contribution in [0.3, 0.4) is 0 Å². The van der Waals surface area contributed by atoms with Gasteiger partial charge in [0.2, 0.25) is 12.7 Å². The number of nitrogens with zero attached hydrogens (tertiary/aromatic N) is 2. The monoisotopic (exact) mass is 361 g/mol. The lowest BCUT2D eigenvalue weighted by atomic mass is 10.1. The molecule has 4 rings (SSSR count). The lowest BCUT2D eigenvalue weighted by Gasteiger charge is -2.10. The minimum Gasteiger partial charge on any atom is -0.454 e. The Morgan fingerprint density at radius 1 is 1.26 bits per heavy atom. The van der Waals surface area contributed by atoms with E-state index in [2.05, 4.69) is 18.3 Å². The number of carbonyl (C=O) groups excluding carboxylic acids is 1. The Morgan fingerprint density at radius 3 is 2.93 bits per heavy atom. The summed E-state index contributed by atoms with van der Waals surface area (Å²) in [5, 5.41) is 13.2. The zero-order valence-electron chi connectivity index (χ0n) is 15.0. The fourth-order valence-corrected chi connectivity index (χ4v) is 3.40. The molecule has 1 amide bonds. The van der Waals surface area contributed by atoms with Gasteiger partial charge in [0.05, 0.1) is 11.1 Å². The smallest absolute Gasteiger partial charge is 0.240 e. The predicted molar refractivity (Wildman–Crippen MR) is 100 cm³/mol. The van der Waals surface area contributed by atoms with Crippen molar-refractivity contribution in [2.24, 2.45) is 0 Å². The SMILES string of the molecule is CCc1cccc2c(C#N)cn(CC(=O)NCc3ccc4c(c3)OCO4)c12. The van der Waals surface area contributed by atoms with Gasteiger partial charge >= 0.3 is 0 Å². The van der Waals surface area contributed by atoms with Gasteiger partial charge in [0.15, 0.2) is 11.5 Å². The molecule has 0 unspecified atom stereocenters. The Bertz CT molecular complexity index is 1060. The lowest BCUT2D eigenvalue weighted by molar-refractivity contribution is -0.121. The van der Waals surface area contributed by atoms with Crippen LogP contribution in [0, 0.1) is 11.3 Å². The maximum absolute atomic E-state index is 12.5. The molecule has 0 bridgehead atoms. The number of nitriles is 1. The molecule has 6 nitrogen and oxygen atoms in total. The number of aromatic nitrogens is 1. The highest BCUT2D eigenvalue weighted by molar-refractivity contribution is 5.90. The molecule has 6 heteroatoms. The van der Waals surface area contributed by atoms with Crippen LogP contribution in [0.1, 0.15) is 23.6 Å². The Hall–Kier alpha value is -3.46. The molecule has 1 aliphatic heterocycles. The van der Waals surface area contributed by atoms with Crippen LogP contribution in [0.25, 0.3) is 10.9 Å². The van der Waals surface area contributed by atoms with Crippen molar-refractivity contribution in [3.05, 3.63) is 59.3 Å². The topological polar surface area (TPSA) is 76.3 Å². The van der Waals surface area contributed by atoms with Crippen LogP contribution in [0.2, 0.25) is 0 Å². The number of ether oxygens (including phenoxy) is 2. The van der Waals surface area contributed by atoms with Gasteiger partial charge in [0.25, 0.3) is 0 Å². The minimum atomic E-state index is -0.111. The third-order valence-corrected chi connectivity index (χ3v) is 4.72. The maximum atomic E-state index is 12.5. The Morgan fingerprint density at radius 2 is 2.11 bits per heavy atom. The molecular weight excluding hydrogens is 342 g/mol. The molecule has 136 valence electrons. The van der Waals surface area contributed by atoms with Gasteiger partial charge in [-0.15, -0.1) is 0 Å². The number of carbonyl (C=O) groups is 1. The highest BCUT2D eigenvalue weighted by Gasteiger charge is 2.15. The molecular formula is C21H19N3O3. The summed E-state index contributed by atoms with van der Waals surface area (Å²) in [6.45, 7) is 2.87. The van der Waals surface area contributed by atoms with Crippen molar-refractivity contribution in [2.75, 3.05) is 6.79 Å². The van der Waals surface area contributed by atoms with Crippen LogP contribution in [-0.2, 0) is 24.3 Å². The molecule has 3 aromatic rings. The first-order valence-corrected chi connectivity index (χ1v) is 8.85. The molecule has 0 saturated heterocycles. The van der Waals surface area contributed by atoms with Crippen molar-refractivity contribution in [1.82, 2.24) is 9.88 Å². The Balaban J connectivity index is 1.51. The summed E-state index contributed by atoms with van der Waals surface area (Å²) in [4.78, 5) is 12.5. The van der Waals surface area contributed by atoms with E-state index >= 15 is 0 Å². The molecule has 0 radical (unpaired) electrons. The minimum absolute atomic E-state index is 0.111. The summed E-state index contributed by atoms with van der Waals surface area (Å²) in [5.74, 6) is 1.31. The third kappa shape index (κ3) is 3.20. The van der Waals surface area contributed by atoms with Gasteiger partial charge in [-0.05, 0) is 29.7 Å². The number of para-hydroxylation sites is 1. The van der Waals surface area contributed by atoms with E-state index in [0.29, 0.717) is 17.9 Å². The summed E-state index contributed by atoms with van der Waals surface area (Å²) in [6, 6.07) is 13.7. The lowest BCUT2D eigenvalue weighted by Crippen LogP contribution is -2.27. The van der Waals surface area contributed by atoms with Crippen molar-refractivity contribution in [2.45, 2.75) is 26.4 Å². The zero-order chi connectivity index (χ0) is 18.8. The van der Waals surface area contributed by atoms with Crippen molar-refractivity contribution in [1.29, 1.82) is 5.26 Å². The molecule has 0 atom stereocenters. The third-order valence-electron chi connectivity index (χ3n) is 4.72. The number of aryl methyl sites for hydroxylation is 1. The van der Waals surface area contributed by atoms with Crippen molar-refractivity contribution < 1.29 is 14.3 Å². The second-order valence-corrected chi connectivity index (χ2v) is 6.41. The molecule has 1 aliphatic rings. The van der Waals surface area contributed by atoms with Crippen LogP contribution in [0.4, 0.5) is 0 Å². The van der Waals surface area contributed by atoms with Crippen LogP contribution in [0.15, 0.2) is 42.6 Å². The van der Waals surface area contributed by atoms with Gasteiger partial charge in [-0.3, -0.25) is 4.79 Å². The van der Waals surface area contributed by atoms with E-state index in [-0.39, 0.29) is 19.2 Å². The number of fused-ring (bicyclic) bond motifs is 2. The zero-order valence-corrected chi connectivity index (χ0v) is 15.0. The fourth-order valence-electron chi connectivity index (χ4n) is 3.40. The summed E-state index contributed by atoms with van der Waals surface area (Å²) < 4.78 is 12.5. The van der Waals surface area contributed by atoms with Crippen LogP contribution >= 0.6 is 0 Å². The number of benzene rings is 2. The van der Waals surface area contributed by atoms with Crippen molar-refractivity contribution in [3.63, 3.8) is 0 Å². The number of amides is 1. The molecule has 2 aromatic carbocycles. The fraction of sp³-hybridized carbons (Fsp3) is 0.238. The molecule has 27 heavy (non-hydrogen) atoms. The van der Waals surface area contributed by atoms with Crippen molar-refractivity contribution >= 4 is 16.8 Å². The predicted octanol–water partition coefficient (Wildman–Crippen LogP) is 3.12. The van der Waals surface area contributed by atoms with E-state index in [1.54, 1.807) is 6.20 Å². The molecule has 1 aromatic heterocycles. The van der Waals surface area contributed by atoms with E-state index < -0.39 is 0 Å². The van der Waals surface area contributed by atoms with Gasteiger partial charge in [-0.1, -0.05) is 31.2 Å². The van der Waals surface area contributed by atoms with Crippen LogP contribution < -0.4 is 14.8 Å². The molecule has 0 saturated carbocycles. The molecule has 2 heterocycles. The number of rotatable bonds is 5. The van der Waals surface area contributed by atoms with Gasteiger partial charge < -0.3 is 19.4 Å². The van der Waals surface area contributed by atoms with Crippen molar-refractivity contribution in [3.8, 4) is 17.6 Å². The van der Waals surface area contributed by atoms with Gasteiger partial charge in [0.1, 0.15) is 12.6 Å². The average molecular weight is 361 g/mol. The van der Waals surface area contributed by atoms with Crippen LogP contribution in [-0.4, -0.2) is 17.3 Å². The molecule has 0 fully saturated rings. The van der Waals surface area contributed by atoms with Crippen LogP contribution in [0.5, 0.6) is 11.5 Å². The van der Waals surface area contributed by atoms with Gasteiger partial charge in [-0.25, -0.2) is 0 Å². The highest BCUT2D eigenvalue weighted by Crippen LogP contribution is 2.32. The van der Waals surface area contributed by atoms with E-state index in [0.717, 1.165) is 34.2 Å². The maximum Gasteiger partial charge on any atom is 0.240 e. The molecule has 0 aliphatic carbocycles. The molecule has 1 N–H and O–H groups in total. The summed E-state index contributed by atoms with van der Waals surface area (Å²) in [6.07, 6.45) is 2.59. The first kappa shape index (κ1) is 17.0. The van der Waals surface area contributed by atoms with Gasteiger partial charge in [0, 0.05) is 18.1 Å².